The molecule has 156 valence electrons. The van der Waals surface area contributed by atoms with Crippen LogP contribution in [0.1, 0.15) is 32.6 Å². The maximum absolute atomic E-state index is 12.7. The summed E-state index contributed by atoms with van der Waals surface area (Å²) in [6, 6.07) is 5.81. The van der Waals surface area contributed by atoms with E-state index in [0.29, 0.717) is 49.5 Å². The SMILES string of the molecule is O=C1c2c(O)cc(O)cc2Cc2cc(COCCOCCOCCO)cc(O)c21. The molecule has 2 aromatic carbocycles. The first kappa shape index (κ1) is 21.1. The number of aromatic hydroxyl groups is 3. The number of phenolic OH excluding ortho intramolecular Hbond substituents is 3. The summed E-state index contributed by atoms with van der Waals surface area (Å²) >= 11 is 0. The molecule has 0 radical (unpaired) electrons. The number of rotatable bonds is 10. The Kier molecular flexibility index (Phi) is 7.05. The zero-order valence-electron chi connectivity index (χ0n) is 15.9. The second-order valence-corrected chi connectivity index (χ2v) is 6.65. The number of fused-ring (bicyclic) bond motifs is 2. The zero-order valence-corrected chi connectivity index (χ0v) is 15.9. The molecule has 29 heavy (non-hydrogen) atoms. The van der Waals surface area contributed by atoms with Gasteiger partial charge in [0.25, 0.3) is 0 Å². The van der Waals surface area contributed by atoms with Crippen molar-refractivity contribution >= 4 is 5.78 Å². The summed E-state index contributed by atoms with van der Waals surface area (Å²) in [5.74, 6) is -1.06. The van der Waals surface area contributed by atoms with Gasteiger partial charge in [-0.1, -0.05) is 6.07 Å². The lowest BCUT2D eigenvalue weighted by atomic mass is 9.83. The minimum atomic E-state index is -0.472. The van der Waals surface area contributed by atoms with Crippen molar-refractivity contribution in [2.24, 2.45) is 0 Å². The van der Waals surface area contributed by atoms with E-state index < -0.39 is 5.78 Å². The van der Waals surface area contributed by atoms with Crippen LogP contribution < -0.4 is 0 Å². The fourth-order valence-electron chi connectivity index (χ4n) is 3.33. The van der Waals surface area contributed by atoms with Crippen LogP contribution in [-0.4, -0.2) is 65.9 Å². The van der Waals surface area contributed by atoms with Gasteiger partial charge in [0.15, 0.2) is 0 Å². The van der Waals surface area contributed by atoms with E-state index in [0.717, 1.165) is 6.07 Å². The van der Waals surface area contributed by atoms with Crippen molar-refractivity contribution in [3.8, 4) is 17.2 Å². The van der Waals surface area contributed by atoms with Gasteiger partial charge >= 0.3 is 0 Å². The highest BCUT2D eigenvalue weighted by atomic mass is 16.5. The second kappa shape index (κ2) is 9.71. The second-order valence-electron chi connectivity index (χ2n) is 6.65. The monoisotopic (exact) mass is 404 g/mol. The van der Waals surface area contributed by atoms with Crippen LogP contribution in [0.3, 0.4) is 0 Å². The predicted octanol–water partition coefficient (Wildman–Crippen LogP) is 1.48. The maximum atomic E-state index is 12.7. The number of hydrogen-bond donors (Lipinski definition) is 4. The molecule has 1 aliphatic carbocycles. The number of aliphatic hydroxyl groups is 1. The van der Waals surface area contributed by atoms with Gasteiger partial charge in [0.05, 0.1) is 57.4 Å². The van der Waals surface area contributed by atoms with Crippen LogP contribution in [0.4, 0.5) is 0 Å². The maximum Gasteiger partial charge on any atom is 0.201 e. The Morgan fingerprint density at radius 3 is 2.03 bits per heavy atom. The molecule has 0 spiro atoms. The molecule has 0 saturated carbocycles. The minimum Gasteiger partial charge on any atom is -0.508 e. The Balaban J connectivity index is 1.58. The number of carbonyl (C=O) groups excluding carboxylic acids is 1. The van der Waals surface area contributed by atoms with Crippen LogP contribution in [0, 0.1) is 0 Å². The molecule has 0 aliphatic heterocycles. The fourth-order valence-corrected chi connectivity index (χ4v) is 3.33. The van der Waals surface area contributed by atoms with E-state index in [2.05, 4.69) is 0 Å². The normalized spacial score (nSPS) is 12.7. The Morgan fingerprint density at radius 2 is 1.34 bits per heavy atom. The Hall–Kier alpha value is -2.65. The standard InChI is InChI=1S/C21H24O8/c22-1-2-27-3-4-28-5-6-29-12-13-7-14-9-15-10-16(23)11-18(25)20(15)21(26)19(14)17(24)8-13/h7-8,10-11,22-25H,1-6,9,12H2. The van der Waals surface area contributed by atoms with Gasteiger partial charge in [-0.05, 0) is 35.2 Å². The molecule has 0 saturated heterocycles. The van der Waals surface area contributed by atoms with Crippen molar-refractivity contribution in [1.82, 2.24) is 0 Å². The van der Waals surface area contributed by atoms with Gasteiger partial charge in [-0.2, -0.15) is 0 Å². The van der Waals surface area contributed by atoms with Crippen LogP contribution in [0.25, 0.3) is 0 Å². The van der Waals surface area contributed by atoms with Crippen LogP contribution in [-0.2, 0) is 27.2 Å². The first-order chi connectivity index (χ1) is 14.0. The Bertz CT molecular complexity index is 877. The highest BCUT2D eigenvalue weighted by Gasteiger charge is 2.29. The van der Waals surface area contributed by atoms with Gasteiger partial charge in [-0.15, -0.1) is 0 Å². The van der Waals surface area contributed by atoms with Crippen molar-refractivity contribution in [2.75, 3.05) is 39.6 Å². The molecule has 2 aromatic rings. The molecule has 0 fully saturated rings. The summed E-state index contributed by atoms with van der Waals surface area (Å²) in [4.78, 5) is 12.7. The molecule has 0 aromatic heterocycles. The van der Waals surface area contributed by atoms with Crippen molar-refractivity contribution < 1.29 is 39.4 Å². The number of phenols is 3. The average molecular weight is 404 g/mol. The molecule has 0 unspecified atom stereocenters. The summed E-state index contributed by atoms with van der Waals surface area (Å²) in [6.45, 7) is 2.04. The van der Waals surface area contributed by atoms with Gasteiger partial charge in [0.1, 0.15) is 17.2 Å². The number of aliphatic hydroxyl groups excluding tert-OH is 1. The molecule has 8 heteroatoms. The molecule has 3 rings (SSSR count). The Labute approximate surface area is 167 Å². The van der Waals surface area contributed by atoms with Crippen molar-refractivity contribution in [1.29, 1.82) is 0 Å². The molecule has 0 atom stereocenters. The quantitative estimate of drug-likeness (QED) is 0.375. The molecule has 0 bridgehead atoms. The van der Waals surface area contributed by atoms with Gasteiger partial charge in [0.2, 0.25) is 5.78 Å². The van der Waals surface area contributed by atoms with Gasteiger partial charge in [-0.3, -0.25) is 4.79 Å². The summed E-state index contributed by atoms with van der Waals surface area (Å²) < 4.78 is 16.0. The van der Waals surface area contributed by atoms with E-state index in [9.17, 15) is 20.1 Å². The van der Waals surface area contributed by atoms with E-state index >= 15 is 0 Å². The summed E-state index contributed by atoms with van der Waals surface area (Å²) in [5, 5.41) is 38.6. The average Bonchev–Trinajstić information content (AvgIpc) is 2.65. The predicted molar refractivity (Wildman–Crippen MR) is 102 cm³/mol. The molecule has 1 aliphatic rings. The van der Waals surface area contributed by atoms with Crippen LogP contribution in [0.2, 0.25) is 0 Å². The molecule has 8 nitrogen and oxygen atoms in total. The zero-order chi connectivity index (χ0) is 20.8. The lowest BCUT2D eigenvalue weighted by Gasteiger charge is -2.21. The molecule has 0 heterocycles. The number of carbonyl (C=O) groups is 1. The topological polar surface area (TPSA) is 126 Å². The largest absolute Gasteiger partial charge is 0.508 e. The smallest absolute Gasteiger partial charge is 0.201 e. The van der Waals surface area contributed by atoms with E-state index in [1.807, 2.05) is 0 Å². The van der Waals surface area contributed by atoms with Crippen LogP contribution in [0.5, 0.6) is 17.2 Å². The fraction of sp³-hybridized carbons (Fsp3) is 0.381. The first-order valence-electron chi connectivity index (χ1n) is 9.29. The lowest BCUT2D eigenvalue weighted by Crippen LogP contribution is -2.16. The number of ketones is 1. The van der Waals surface area contributed by atoms with Crippen LogP contribution >= 0.6 is 0 Å². The number of ether oxygens (including phenoxy) is 3. The van der Waals surface area contributed by atoms with Gasteiger partial charge in [-0.25, -0.2) is 0 Å². The highest BCUT2D eigenvalue weighted by molar-refractivity contribution is 6.15. The third-order valence-electron chi connectivity index (χ3n) is 4.53. The van der Waals surface area contributed by atoms with E-state index in [4.69, 9.17) is 19.3 Å². The molecular weight excluding hydrogens is 380 g/mol. The van der Waals surface area contributed by atoms with E-state index in [1.54, 1.807) is 6.07 Å². The summed E-state index contributed by atoms with van der Waals surface area (Å²) in [5.41, 5.74) is 2.09. The van der Waals surface area contributed by atoms with Crippen molar-refractivity contribution in [3.05, 3.63) is 52.1 Å². The molecule has 0 amide bonds. The Morgan fingerprint density at radius 1 is 0.759 bits per heavy atom. The number of hydrogen-bond acceptors (Lipinski definition) is 8. The van der Waals surface area contributed by atoms with Crippen molar-refractivity contribution in [3.63, 3.8) is 0 Å². The first-order valence-corrected chi connectivity index (χ1v) is 9.29. The van der Waals surface area contributed by atoms with Gasteiger partial charge < -0.3 is 34.6 Å². The van der Waals surface area contributed by atoms with E-state index in [-0.39, 0.29) is 48.2 Å². The van der Waals surface area contributed by atoms with Crippen LogP contribution in [0.15, 0.2) is 24.3 Å². The van der Waals surface area contributed by atoms with E-state index in [1.165, 1.54) is 12.1 Å². The van der Waals surface area contributed by atoms with Gasteiger partial charge in [0, 0.05) is 6.07 Å². The minimum absolute atomic E-state index is 0.0176. The lowest BCUT2D eigenvalue weighted by molar-refractivity contribution is 0.00448. The number of benzene rings is 2. The third-order valence-corrected chi connectivity index (χ3v) is 4.53. The highest BCUT2D eigenvalue weighted by Crippen LogP contribution is 2.39. The molecular formula is C21H24O8. The summed E-state index contributed by atoms with van der Waals surface area (Å²) in [6.07, 6.45) is 0.302. The molecule has 4 N–H and O–H groups in total. The summed E-state index contributed by atoms with van der Waals surface area (Å²) in [7, 11) is 0. The third kappa shape index (κ3) is 5.04. The van der Waals surface area contributed by atoms with Crippen molar-refractivity contribution in [2.45, 2.75) is 13.0 Å².